The molecule has 0 aliphatic heterocycles. The van der Waals surface area contributed by atoms with Gasteiger partial charge in [-0.05, 0) is 48.7 Å². The number of rotatable bonds is 12. The summed E-state index contributed by atoms with van der Waals surface area (Å²) in [4.78, 5) is 12.2. The van der Waals surface area contributed by atoms with Gasteiger partial charge in [0.2, 0.25) is 21.8 Å². The Morgan fingerprint density at radius 3 is 2.56 bits per heavy atom. The molecule has 39 heavy (non-hydrogen) atoms. The van der Waals surface area contributed by atoms with Crippen LogP contribution in [0.25, 0.3) is 17.3 Å². The van der Waals surface area contributed by atoms with Crippen LogP contribution in [0.15, 0.2) is 64.8 Å². The Morgan fingerprint density at radius 1 is 1.21 bits per heavy atom. The van der Waals surface area contributed by atoms with Crippen LogP contribution in [-0.4, -0.2) is 63.1 Å². The van der Waals surface area contributed by atoms with E-state index in [0.717, 1.165) is 11.8 Å². The highest BCUT2D eigenvalue weighted by Gasteiger charge is 2.35. The highest BCUT2D eigenvalue weighted by atomic mass is 35.5. The number of hydrogen-bond donors (Lipinski definition) is 0. The molecule has 2 aromatic heterocycles. The summed E-state index contributed by atoms with van der Waals surface area (Å²) < 4.78 is 42.3. The van der Waals surface area contributed by atoms with Gasteiger partial charge in [-0.1, -0.05) is 55.5 Å². The predicted molar refractivity (Wildman–Crippen MR) is 156 cm³/mol. The zero-order valence-electron chi connectivity index (χ0n) is 22.5. The van der Waals surface area contributed by atoms with Crippen LogP contribution in [0.5, 0.6) is 0 Å². The topological polar surface area (TPSA) is 108 Å². The van der Waals surface area contributed by atoms with E-state index in [2.05, 4.69) is 29.8 Å². The Hall–Kier alpha value is -2.99. The molecule has 9 nitrogen and oxygen atoms in total. The van der Waals surface area contributed by atoms with E-state index in [4.69, 9.17) is 20.8 Å². The summed E-state index contributed by atoms with van der Waals surface area (Å²) in [6.07, 6.45) is 6.07. The summed E-state index contributed by atoms with van der Waals surface area (Å²) in [5, 5.41) is 9.33. The largest absolute Gasteiger partial charge is 0.461 e. The number of aromatic nitrogens is 3. The summed E-state index contributed by atoms with van der Waals surface area (Å²) in [6, 6.07) is 11.3. The lowest BCUT2D eigenvalue weighted by Crippen LogP contribution is -2.40. The first kappa shape index (κ1) is 29.0. The van der Waals surface area contributed by atoms with Gasteiger partial charge in [-0.15, -0.1) is 10.2 Å². The molecule has 208 valence electrons. The van der Waals surface area contributed by atoms with Gasteiger partial charge in [0.15, 0.2) is 12.0 Å². The van der Waals surface area contributed by atoms with Crippen molar-refractivity contribution in [1.82, 2.24) is 14.8 Å². The van der Waals surface area contributed by atoms with Crippen LogP contribution in [0.4, 0.5) is 5.95 Å². The van der Waals surface area contributed by atoms with E-state index in [1.165, 1.54) is 10.6 Å². The summed E-state index contributed by atoms with van der Waals surface area (Å²) >= 11 is 6.01. The molecule has 0 radical (unpaired) electrons. The lowest BCUT2D eigenvalue weighted by atomic mass is 10.0. The van der Waals surface area contributed by atoms with Crippen LogP contribution < -0.4 is 4.31 Å². The zero-order valence-corrected chi connectivity index (χ0v) is 25.1. The fraction of sp³-hybridized carbons (Fsp3) is 0.370. The molecule has 0 bridgehead atoms. The summed E-state index contributed by atoms with van der Waals surface area (Å²) in [5.74, 6) is 0.630. The maximum atomic E-state index is 14.0. The Morgan fingerprint density at radius 2 is 1.95 bits per heavy atom. The second-order valence-electron chi connectivity index (χ2n) is 10.5. The van der Waals surface area contributed by atoms with Crippen molar-refractivity contribution in [3.63, 3.8) is 0 Å². The molecule has 2 heterocycles. The third kappa shape index (κ3) is 6.78. The van der Waals surface area contributed by atoms with Crippen molar-refractivity contribution in [1.29, 1.82) is 0 Å². The molecule has 1 atom stereocenters. The van der Waals surface area contributed by atoms with Gasteiger partial charge in [0.1, 0.15) is 6.10 Å². The molecule has 0 amide bonds. The number of carbonyl (C=O) groups excluding carboxylic acids is 1. The molecule has 0 saturated carbocycles. The monoisotopic (exact) mass is 588 g/mol. The molecule has 1 aromatic carbocycles. The van der Waals surface area contributed by atoms with Crippen molar-refractivity contribution >= 4 is 47.6 Å². The van der Waals surface area contributed by atoms with Crippen LogP contribution in [0.3, 0.4) is 0 Å². The minimum absolute atomic E-state index is 0.0995. The number of methoxy groups -OCH3 is 1. The average Bonchev–Trinajstić information content (AvgIpc) is 3.57. The quantitative estimate of drug-likeness (QED) is 0.209. The number of benzene rings is 1. The minimum atomic E-state index is -3.87. The van der Waals surface area contributed by atoms with E-state index >= 15 is 0 Å². The lowest BCUT2D eigenvalue weighted by molar-refractivity contribution is -0.104. The highest BCUT2D eigenvalue weighted by molar-refractivity contribution is 7.92. The van der Waals surface area contributed by atoms with Crippen molar-refractivity contribution in [2.24, 2.45) is 0 Å². The van der Waals surface area contributed by atoms with Crippen LogP contribution in [0.2, 0.25) is 30.7 Å². The normalized spacial score (nSPS) is 16.1. The Kier molecular flexibility index (Phi) is 8.95. The van der Waals surface area contributed by atoms with Gasteiger partial charge in [-0.25, -0.2) is 12.7 Å². The van der Waals surface area contributed by atoms with E-state index < -0.39 is 24.2 Å². The summed E-state index contributed by atoms with van der Waals surface area (Å²) in [6.45, 7) is 6.78. The lowest BCUT2D eigenvalue weighted by Gasteiger charge is -2.30. The molecule has 3 aromatic rings. The zero-order chi connectivity index (χ0) is 28.2. The van der Waals surface area contributed by atoms with E-state index in [-0.39, 0.29) is 24.1 Å². The van der Waals surface area contributed by atoms with E-state index in [1.54, 1.807) is 42.0 Å². The third-order valence-corrected chi connectivity index (χ3v) is 10.2. The smallest absolute Gasteiger partial charge is 0.245 e. The third-order valence-electron chi connectivity index (χ3n) is 6.47. The van der Waals surface area contributed by atoms with Gasteiger partial charge in [0.05, 0.1) is 17.7 Å². The van der Waals surface area contributed by atoms with Gasteiger partial charge in [-0.3, -0.25) is 9.36 Å². The number of ether oxygens (including phenoxy) is 1. The number of nitrogens with zero attached hydrogens (tertiary/aromatic N) is 4. The molecular weight excluding hydrogens is 556 g/mol. The van der Waals surface area contributed by atoms with Gasteiger partial charge in [0, 0.05) is 32.3 Å². The van der Waals surface area contributed by atoms with E-state index in [1.807, 2.05) is 18.2 Å². The second kappa shape index (κ2) is 12.0. The number of aldehydes is 1. The molecule has 0 spiro atoms. The molecule has 1 aliphatic carbocycles. The first-order valence-electron chi connectivity index (χ1n) is 12.7. The summed E-state index contributed by atoms with van der Waals surface area (Å²) in [7, 11) is -3.99. The van der Waals surface area contributed by atoms with Crippen molar-refractivity contribution in [3.05, 3.63) is 71.0 Å². The highest BCUT2D eigenvalue weighted by Crippen LogP contribution is 2.35. The molecule has 12 heteroatoms. The fourth-order valence-corrected chi connectivity index (χ4v) is 6.95. The molecule has 1 aliphatic rings. The van der Waals surface area contributed by atoms with E-state index in [0.29, 0.717) is 40.9 Å². The van der Waals surface area contributed by atoms with E-state index in [9.17, 15) is 13.2 Å². The van der Waals surface area contributed by atoms with Crippen LogP contribution in [0, 0.1) is 0 Å². The van der Waals surface area contributed by atoms with Crippen molar-refractivity contribution in [2.75, 3.05) is 23.7 Å². The number of halogens is 1. The number of hydrogen-bond acceptors (Lipinski definition) is 7. The standard InChI is InChI=1S/C27H33ClN4O5SSi/c1-36-23-8-5-7-21(19-33)25(23)32-26(24-9-6-16-37-24)29-30-27(32)31(15-18-39(2,3)4)38(34,35)17-14-20-10-12-22(28)13-11-20/h5-7,9-13,16,19,23H,8,14-15,17-18H2,1-4H3/t23-/m0/s1. The second-order valence-corrected chi connectivity index (χ2v) is 18.6. The fourth-order valence-electron chi connectivity index (χ4n) is 4.32. The van der Waals surface area contributed by atoms with Gasteiger partial charge >= 0.3 is 0 Å². The Balaban J connectivity index is 1.86. The number of sulfonamides is 1. The molecular formula is C27H33ClN4O5SSi. The molecule has 0 fully saturated rings. The Bertz CT molecular complexity index is 1460. The summed E-state index contributed by atoms with van der Waals surface area (Å²) in [5.41, 5.74) is 1.67. The molecule has 0 unspecified atom stereocenters. The van der Waals surface area contributed by atoms with Gasteiger partial charge < -0.3 is 9.15 Å². The maximum Gasteiger partial charge on any atom is 0.245 e. The minimum Gasteiger partial charge on any atom is -0.461 e. The predicted octanol–water partition coefficient (Wildman–Crippen LogP) is 5.29. The number of furan rings is 1. The molecule has 4 rings (SSSR count). The first-order valence-corrected chi connectivity index (χ1v) is 18.4. The molecule has 0 saturated heterocycles. The number of carbonyl (C=O) groups is 1. The maximum absolute atomic E-state index is 14.0. The average molecular weight is 589 g/mol. The first-order chi connectivity index (χ1) is 18.5. The van der Waals surface area contributed by atoms with Gasteiger partial charge in [0.25, 0.3) is 0 Å². The van der Waals surface area contributed by atoms with Gasteiger partial charge in [-0.2, -0.15) is 0 Å². The van der Waals surface area contributed by atoms with Crippen molar-refractivity contribution in [3.8, 4) is 11.6 Å². The number of aryl methyl sites for hydroxylation is 1. The molecule has 0 N–H and O–H groups in total. The SMILES string of the molecule is CO[C@H]1CC=CC(C=O)=C1n1c(-c2ccco2)nnc1N(CC[Si](C)(C)C)S(=O)(=O)CCc1ccc(Cl)cc1. The Labute approximate surface area is 235 Å². The van der Waals surface area contributed by atoms with Crippen molar-refractivity contribution < 1.29 is 22.4 Å². The van der Waals surface area contributed by atoms with Crippen LogP contribution >= 0.6 is 11.6 Å². The number of anilines is 1. The number of allylic oxidation sites excluding steroid dienone is 2. The van der Waals surface area contributed by atoms with Crippen LogP contribution in [0.1, 0.15) is 12.0 Å². The van der Waals surface area contributed by atoms with Crippen molar-refractivity contribution in [2.45, 2.75) is 44.6 Å². The van der Waals surface area contributed by atoms with Crippen LogP contribution in [-0.2, 0) is 26.0 Å².